The van der Waals surface area contributed by atoms with Crippen LogP contribution in [0.5, 0.6) is 5.75 Å². The number of piperidine rings is 1. The molecule has 2 amide bonds. The van der Waals surface area contributed by atoms with Gasteiger partial charge in [0.15, 0.2) is 0 Å². The molecule has 206 valence electrons. The number of amides is 2. The number of benzene rings is 2. The Kier molecular flexibility index (Phi) is 14.0. The summed E-state index contributed by atoms with van der Waals surface area (Å²) in [6, 6.07) is 13.3. The second-order valence-electron chi connectivity index (χ2n) is 9.51. The summed E-state index contributed by atoms with van der Waals surface area (Å²) in [7, 11) is 0. The van der Waals surface area contributed by atoms with Crippen LogP contribution < -0.4 is 10.5 Å². The second kappa shape index (κ2) is 15.9. The fourth-order valence-corrected chi connectivity index (χ4v) is 5.05. The predicted octanol–water partition coefficient (Wildman–Crippen LogP) is 6.08. The number of aryl methyl sites for hydroxylation is 1. The lowest BCUT2D eigenvalue weighted by Crippen LogP contribution is -2.54. The van der Waals surface area contributed by atoms with Gasteiger partial charge in [-0.15, -0.1) is 24.8 Å². The van der Waals surface area contributed by atoms with Crippen molar-refractivity contribution in [2.75, 3.05) is 26.2 Å². The molecule has 0 aliphatic carbocycles. The summed E-state index contributed by atoms with van der Waals surface area (Å²) in [5, 5.41) is 0. The number of likely N-dealkylation sites (tertiary alicyclic amines) is 1. The molecular weight excluding hydrogens is 509 g/mol. The van der Waals surface area contributed by atoms with Crippen LogP contribution in [0.4, 0.5) is 0 Å². The number of hydrogen-bond acceptors (Lipinski definition) is 4. The fraction of sp³-hybridized carbons (Fsp3) is 0.517. The summed E-state index contributed by atoms with van der Waals surface area (Å²) in [5.74, 6) is 0.588. The molecule has 1 fully saturated rings. The lowest BCUT2D eigenvalue weighted by molar-refractivity contribution is -0.144. The molecule has 0 aromatic heterocycles. The number of hydrogen-bond donors (Lipinski definition) is 1. The molecule has 37 heavy (non-hydrogen) atoms. The van der Waals surface area contributed by atoms with Crippen molar-refractivity contribution in [2.24, 2.45) is 11.7 Å². The molecule has 2 atom stereocenters. The van der Waals surface area contributed by atoms with Crippen LogP contribution in [0.3, 0.4) is 0 Å². The Balaban J connectivity index is 0.00000342. The first kappa shape index (κ1) is 32.7. The first-order valence-corrected chi connectivity index (χ1v) is 13.0. The first-order valence-electron chi connectivity index (χ1n) is 13.0. The van der Waals surface area contributed by atoms with Gasteiger partial charge in [-0.1, -0.05) is 51.1 Å². The fourth-order valence-electron chi connectivity index (χ4n) is 5.05. The number of nitrogens with two attached hydrogens (primary N) is 1. The van der Waals surface area contributed by atoms with E-state index in [9.17, 15) is 9.59 Å². The number of primary amides is 1. The monoisotopic (exact) mass is 551 g/mol. The summed E-state index contributed by atoms with van der Waals surface area (Å²) >= 11 is 0. The first-order chi connectivity index (χ1) is 16.9. The van der Waals surface area contributed by atoms with Crippen LogP contribution in [0.2, 0.25) is 0 Å². The summed E-state index contributed by atoms with van der Waals surface area (Å²) in [4.78, 5) is 29.6. The van der Waals surface area contributed by atoms with Gasteiger partial charge in [0.05, 0.1) is 12.8 Å². The van der Waals surface area contributed by atoms with Crippen LogP contribution in [0.15, 0.2) is 42.5 Å². The minimum atomic E-state index is -0.445. The normalized spacial score (nSPS) is 15.9. The molecule has 0 radical (unpaired) electrons. The van der Waals surface area contributed by atoms with Gasteiger partial charge in [0, 0.05) is 18.0 Å². The zero-order valence-corrected chi connectivity index (χ0v) is 24.2. The highest BCUT2D eigenvalue weighted by Gasteiger charge is 2.32. The van der Waals surface area contributed by atoms with Crippen LogP contribution in [0.25, 0.3) is 11.1 Å². The van der Waals surface area contributed by atoms with Crippen LogP contribution in [0.1, 0.15) is 68.8 Å². The maximum Gasteiger partial charge on any atom is 0.249 e. The van der Waals surface area contributed by atoms with Crippen LogP contribution in [0, 0.1) is 12.8 Å². The van der Waals surface area contributed by atoms with Crippen LogP contribution in [-0.2, 0) is 4.79 Å². The van der Waals surface area contributed by atoms with Gasteiger partial charge < -0.3 is 15.4 Å². The minimum absolute atomic E-state index is 0. The topological polar surface area (TPSA) is 75.9 Å². The quantitative estimate of drug-likeness (QED) is 0.343. The number of carbonyl (C=O) groups is 2. The summed E-state index contributed by atoms with van der Waals surface area (Å²) in [6.45, 7) is 11.7. The van der Waals surface area contributed by atoms with Crippen molar-refractivity contribution in [2.45, 2.75) is 66.0 Å². The molecule has 0 bridgehead atoms. The molecule has 2 N–H and O–H groups in total. The van der Waals surface area contributed by atoms with Gasteiger partial charge >= 0.3 is 0 Å². The largest absolute Gasteiger partial charge is 0.493 e. The van der Waals surface area contributed by atoms with Crippen molar-refractivity contribution < 1.29 is 14.3 Å². The summed E-state index contributed by atoms with van der Waals surface area (Å²) < 4.78 is 6.12. The molecule has 1 heterocycles. The third-order valence-electron chi connectivity index (χ3n) is 7.14. The highest BCUT2D eigenvalue weighted by molar-refractivity contribution is 5.99. The van der Waals surface area contributed by atoms with Crippen LogP contribution >= 0.6 is 24.8 Å². The standard InChI is InChI=1S/C29H41N3O3.2ClH/c1-5-31(6-2)27-15-9-10-18-32(27)29(34)22(4)12-11-19-35-26-20-23(17-16-21(26)3)24-13-7-8-14-25(24)28(30)33;;/h7-8,13-14,16-17,20,22,27H,5-6,9-12,15,18-19H2,1-4H3,(H2,30,33);2*1H. The highest BCUT2D eigenvalue weighted by atomic mass is 35.5. The molecule has 0 saturated carbocycles. The molecule has 3 rings (SSSR count). The molecular formula is C29H43Cl2N3O3. The molecule has 1 saturated heterocycles. The van der Waals surface area contributed by atoms with E-state index < -0.39 is 5.91 Å². The molecule has 1 aliphatic heterocycles. The van der Waals surface area contributed by atoms with E-state index in [2.05, 4.69) is 23.6 Å². The second-order valence-corrected chi connectivity index (χ2v) is 9.51. The molecule has 1 aliphatic rings. The van der Waals surface area contributed by atoms with E-state index in [1.807, 2.05) is 50.2 Å². The predicted molar refractivity (Wildman–Crippen MR) is 156 cm³/mol. The van der Waals surface area contributed by atoms with Gasteiger partial charge in [0.25, 0.3) is 0 Å². The van der Waals surface area contributed by atoms with E-state index in [1.54, 1.807) is 6.07 Å². The lowest BCUT2D eigenvalue weighted by Gasteiger charge is -2.43. The van der Waals surface area contributed by atoms with Gasteiger partial charge in [-0.3, -0.25) is 14.5 Å². The molecule has 0 spiro atoms. The summed E-state index contributed by atoms with van der Waals surface area (Å²) in [6.07, 6.45) is 5.18. The Bertz CT molecular complexity index is 1010. The zero-order chi connectivity index (χ0) is 25.4. The van der Waals surface area contributed by atoms with Gasteiger partial charge in [-0.2, -0.15) is 0 Å². The SMILES string of the molecule is CCN(CC)C1CCCCN1C(=O)C(C)CCCOc1cc(-c2ccccc2C(N)=O)ccc1C.Cl.Cl. The number of ether oxygens (including phenoxy) is 1. The van der Waals surface area contributed by atoms with Gasteiger partial charge in [0.1, 0.15) is 5.75 Å². The van der Waals surface area contributed by atoms with Gasteiger partial charge in [-0.05, 0) is 80.9 Å². The third-order valence-corrected chi connectivity index (χ3v) is 7.14. The number of nitrogens with zero attached hydrogens (tertiary/aromatic N) is 2. The van der Waals surface area contributed by atoms with Crippen molar-refractivity contribution in [1.82, 2.24) is 9.80 Å². The van der Waals surface area contributed by atoms with Crippen molar-refractivity contribution in [3.05, 3.63) is 53.6 Å². The Hall–Kier alpha value is -2.28. The summed E-state index contributed by atoms with van der Waals surface area (Å²) in [5.41, 5.74) is 8.79. The van der Waals surface area contributed by atoms with E-state index in [0.717, 1.165) is 67.8 Å². The molecule has 2 aromatic rings. The number of rotatable bonds is 11. The average molecular weight is 553 g/mol. The van der Waals surface area contributed by atoms with Crippen molar-refractivity contribution in [3.63, 3.8) is 0 Å². The highest BCUT2D eigenvalue weighted by Crippen LogP contribution is 2.30. The van der Waals surface area contributed by atoms with E-state index in [0.29, 0.717) is 12.2 Å². The smallest absolute Gasteiger partial charge is 0.249 e. The number of carbonyl (C=O) groups excluding carboxylic acids is 2. The van der Waals surface area contributed by atoms with Gasteiger partial charge in [-0.25, -0.2) is 0 Å². The minimum Gasteiger partial charge on any atom is -0.493 e. The van der Waals surface area contributed by atoms with Gasteiger partial charge in [0.2, 0.25) is 11.8 Å². The maximum absolute atomic E-state index is 13.3. The Morgan fingerprint density at radius 1 is 1.11 bits per heavy atom. The Labute approximate surface area is 234 Å². The van der Waals surface area contributed by atoms with Crippen molar-refractivity contribution in [3.8, 4) is 16.9 Å². The Morgan fingerprint density at radius 2 is 1.81 bits per heavy atom. The molecule has 2 unspecified atom stereocenters. The van der Waals surface area contributed by atoms with E-state index in [4.69, 9.17) is 10.5 Å². The lowest BCUT2D eigenvalue weighted by atomic mass is 9.98. The van der Waals surface area contributed by atoms with E-state index in [1.165, 1.54) is 6.42 Å². The average Bonchev–Trinajstić information content (AvgIpc) is 2.88. The molecule has 6 nitrogen and oxygen atoms in total. The number of halogens is 2. The van der Waals surface area contributed by atoms with E-state index >= 15 is 0 Å². The van der Waals surface area contributed by atoms with E-state index in [-0.39, 0.29) is 42.8 Å². The Morgan fingerprint density at radius 3 is 2.49 bits per heavy atom. The molecule has 8 heteroatoms. The van der Waals surface area contributed by atoms with Crippen LogP contribution in [-0.4, -0.2) is 54.0 Å². The molecule has 2 aromatic carbocycles. The maximum atomic E-state index is 13.3. The zero-order valence-electron chi connectivity index (χ0n) is 22.6. The third kappa shape index (κ3) is 8.36. The van der Waals surface area contributed by atoms with Crippen molar-refractivity contribution >= 4 is 36.6 Å². The van der Waals surface area contributed by atoms with Crippen molar-refractivity contribution in [1.29, 1.82) is 0 Å².